The van der Waals surface area contributed by atoms with Gasteiger partial charge >= 0.3 is 6.03 Å². The highest BCUT2D eigenvalue weighted by molar-refractivity contribution is 5.89. The van der Waals surface area contributed by atoms with E-state index in [0.29, 0.717) is 5.75 Å². The van der Waals surface area contributed by atoms with Crippen LogP contribution in [0.5, 0.6) is 11.5 Å². The lowest BCUT2D eigenvalue weighted by atomic mass is 10.2. The molecule has 0 spiro atoms. The number of hydrogen-bond donors (Lipinski definition) is 1. The van der Waals surface area contributed by atoms with Crippen LogP contribution in [-0.4, -0.2) is 55.3 Å². The van der Waals surface area contributed by atoms with E-state index < -0.39 is 0 Å². The molecule has 0 radical (unpaired) electrons. The van der Waals surface area contributed by atoms with Gasteiger partial charge in [-0.3, -0.25) is 4.90 Å². The van der Waals surface area contributed by atoms with Crippen molar-refractivity contribution in [2.45, 2.75) is 13.3 Å². The molecular weight excluding hydrogens is 270 g/mol. The fourth-order valence-corrected chi connectivity index (χ4v) is 2.67. The second-order valence-electron chi connectivity index (χ2n) is 5.33. The Kier molecular flexibility index (Phi) is 4.15. The van der Waals surface area contributed by atoms with Crippen LogP contribution in [0.25, 0.3) is 0 Å². The van der Waals surface area contributed by atoms with Crippen LogP contribution in [0.15, 0.2) is 18.2 Å². The number of carbonyl (C=O) groups excluding carboxylic acids is 1. The van der Waals surface area contributed by atoms with Crippen molar-refractivity contribution in [2.75, 3.05) is 44.8 Å². The fraction of sp³-hybridized carbons (Fsp3) is 0.533. The quantitative estimate of drug-likeness (QED) is 0.925. The second-order valence-corrected chi connectivity index (χ2v) is 5.33. The highest BCUT2D eigenvalue weighted by Crippen LogP contribution is 2.34. The van der Waals surface area contributed by atoms with Gasteiger partial charge in [0.1, 0.15) is 0 Å². The van der Waals surface area contributed by atoms with Gasteiger partial charge in [0.05, 0.1) is 0 Å². The average molecular weight is 291 g/mol. The number of anilines is 1. The molecule has 0 bridgehead atoms. The molecule has 0 aromatic heterocycles. The van der Waals surface area contributed by atoms with Crippen LogP contribution in [0.1, 0.15) is 13.3 Å². The number of urea groups is 1. The smallest absolute Gasteiger partial charge is 0.321 e. The summed E-state index contributed by atoms with van der Waals surface area (Å²) in [7, 11) is 0. The highest BCUT2D eigenvalue weighted by Gasteiger charge is 2.21. The first-order valence-corrected chi connectivity index (χ1v) is 7.44. The molecule has 1 N–H and O–H groups in total. The number of hydrogen-bond acceptors (Lipinski definition) is 4. The first-order valence-electron chi connectivity index (χ1n) is 7.44. The molecule has 2 aliphatic rings. The first kappa shape index (κ1) is 14.0. The molecule has 2 heterocycles. The molecule has 1 aromatic rings. The minimum Gasteiger partial charge on any atom is -0.454 e. The monoisotopic (exact) mass is 291 g/mol. The molecular formula is C15H21N3O3. The number of nitrogens with one attached hydrogen (secondary N) is 1. The lowest BCUT2D eigenvalue weighted by Crippen LogP contribution is -2.50. The molecule has 114 valence electrons. The molecule has 3 rings (SSSR count). The SMILES string of the molecule is CCCN1CCN(C(=O)Nc2ccc3c(c2)OCO3)CC1. The Morgan fingerprint density at radius 3 is 2.71 bits per heavy atom. The first-order chi connectivity index (χ1) is 10.3. The van der Waals surface area contributed by atoms with Gasteiger partial charge in [-0.25, -0.2) is 4.79 Å². The number of fused-ring (bicyclic) bond motifs is 1. The summed E-state index contributed by atoms with van der Waals surface area (Å²) in [5, 5.41) is 2.92. The van der Waals surface area contributed by atoms with E-state index in [1.807, 2.05) is 17.0 Å². The average Bonchev–Trinajstić information content (AvgIpc) is 2.96. The van der Waals surface area contributed by atoms with Crippen LogP contribution in [0.2, 0.25) is 0 Å². The number of amides is 2. The molecule has 1 aromatic carbocycles. The number of benzene rings is 1. The Bertz CT molecular complexity index is 513. The van der Waals surface area contributed by atoms with Crippen LogP contribution in [0.3, 0.4) is 0 Å². The lowest BCUT2D eigenvalue weighted by molar-refractivity contribution is 0.147. The molecule has 0 aliphatic carbocycles. The minimum absolute atomic E-state index is 0.0509. The van der Waals surface area contributed by atoms with Crippen molar-refractivity contribution in [1.29, 1.82) is 0 Å². The predicted octanol–water partition coefficient (Wildman–Crippen LogP) is 1.97. The number of piperazine rings is 1. The van der Waals surface area contributed by atoms with E-state index in [1.165, 1.54) is 0 Å². The van der Waals surface area contributed by atoms with Gasteiger partial charge in [-0.15, -0.1) is 0 Å². The van der Waals surface area contributed by atoms with Gasteiger partial charge in [0.2, 0.25) is 6.79 Å². The largest absolute Gasteiger partial charge is 0.454 e. The number of rotatable bonds is 3. The molecule has 2 amide bonds. The molecule has 0 atom stereocenters. The van der Waals surface area contributed by atoms with Crippen molar-refractivity contribution in [3.63, 3.8) is 0 Å². The molecule has 0 unspecified atom stereocenters. The third-order valence-electron chi connectivity index (χ3n) is 3.82. The number of carbonyl (C=O) groups is 1. The van der Waals surface area contributed by atoms with Crippen molar-refractivity contribution in [3.05, 3.63) is 18.2 Å². The fourth-order valence-electron chi connectivity index (χ4n) is 2.67. The summed E-state index contributed by atoms with van der Waals surface area (Å²) >= 11 is 0. The van der Waals surface area contributed by atoms with Crippen LogP contribution in [-0.2, 0) is 0 Å². The molecule has 6 heteroatoms. The molecule has 1 saturated heterocycles. The van der Waals surface area contributed by atoms with E-state index in [9.17, 15) is 4.79 Å². The van der Waals surface area contributed by atoms with E-state index >= 15 is 0 Å². The summed E-state index contributed by atoms with van der Waals surface area (Å²) in [6, 6.07) is 5.40. The zero-order valence-electron chi connectivity index (χ0n) is 12.3. The van der Waals surface area contributed by atoms with E-state index in [-0.39, 0.29) is 12.8 Å². The summed E-state index contributed by atoms with van der Waals surface area (Å²) in [5.41, 5.74) is 0.736. The van der Waals surface area contributed by atoms with Crippen molar-refractivity contribution in [3.8, 4) is 11.5 Å². The third kappa shape index (κ3) is 3.21. The molecule has 1 fully saturated rings. The van der Waals surface area contributed by atoms with Crippen LogP contribution >= 0.6 is 0 Å². The Morgan fingerprint density at radius 1 is 1.19 bits per heavy atom. The zero-order chi connectivity index (χ0) is 14.7. The minimum atomic E-state index is -0.0509. The maximum Gasteiger partial charge on any atom is 0.321 e. The molecule has 2 aliphatic heterocycles. The second kappa shape index (κ2) is 6.22. The summed E-state index contributed by atoms with van der Waals surface area (Å²) in [6.45, 7) is 6.97. The van der Waals surface area contributed by atoms with E-state index in [1.54, 1.807) is 6.07 Å². The summed E-state index contributed by atoms with van der Waals surface area (Å²) in [4.78, 5) is 16.5. The van der Waals surface area contributed by atoms with Crippen molar-refractivity contribution in [1.82, 2.24) is 9.80 Å². The van der Waals surface area contributed by atoms with Gasteiger partial charge in [0.15, 0.2) is 11.5 Å². The van der Waals surface area contributed by atoms with Gasteiger partial charge in [0.25, 0.3) is 0 Å². The highest BCUT2D eigenvalue weighted by atomic mass is 16.7. The number of nitrogens with zero attached hydrogens (tertiary/aromatic N) is 2. The Labute approximate surface area is 124 Å². The van der Waals surface area contributed by atoms with Crippen molar-refractivity contribution < 1.29 is 14.3 Å². The summed E-state index contributed by atoms with van der Waals surface area (Å²) < 4.78 is 10.6. The Morgan fingerprint density at radius 2 is 1.95 bits per heavy atom. The standard InChI is InChI=1S/C15H21N3O3/c1-2-5-17-6-8-18(9-7-17)15(19)16-12-3-4-13-14(10-12)21-11-20-13/h3-4,10H,2,5-9,11H2,1H3,(H,16,19). The van der Waals surface area contributed by atoms with Crippen LogP contribution < -0.4 is 14.8 Å². The third-order valence-corrected chi connectivity index (χ3v) is 3.82. The number of ether oxygens (including phenoxy) is 2. The maximum absolute atomic E-state index is 12.3. The van der Waals surface area contributed by atoms with Gasteiger partial charge in [0, 0.05) is 37.9 Å². The summed E-state index contributed by atoms with van der Waals surface area (Å²) in [5.74, 6) is 1.40. The van der Waals surface area contributed by atoms with Crippen molar-refractivity contribution >= 4 is 11.7 Å². The normalized spacial score (nSPS) is 17.9. The van der Waals surface area contributed by atoms with Gasteiger partial charge in [-0.2, -0.15) is 0 Å². The van der Waals surface area contributed by atoms with E-state index in [2.05, 4.69) is 17.1 Å². The van der Waals surface area contributed by atoms with Crippen LogP contribution in [0.4, 0.5) is 10.5 Å². The lowest BCUT2D eigenvalue weighted by Gasteiger charge is -2.34. The topological polar surface area (TPSA) is 54.0 Å². The molecule has 21 heavy (non-hydrogen) atoms. The Balaban J connectivity index is 1.55. The Hall–Kier alpha value is -1.95. The van der Waals surface area contributed by atoms with Crippen molar-refractivity contribution in [2.24, 2.45) is 0 Å². The van der Waals surface area contributed by atoms with E-state index in [4.69, 9.17) is 9.47 Å². The predicted molar refractivity (Wildman–Crippen MR) is 79.9 cm³/mol. The zero-order valence-corrected chi connectivity index (χ0v) is 12.3. The molecule has 0 saturated carbocycles. The maximum atomic E-state index is 12.3. The summed E-state index contributed by atoms with van der Waals surface area (Å²) in [6.07, 6.45) is 1.16. The van der Waals surface area contributed by atoms with Gasteiger partial charge in [-0.05, 0) is 25.1 Å². The van der Waals surface area contributed by atoms with Crippen LogP contribution in [0, 0.1) is 0 Å². The van der Waals surface area contributed by atoms with Gasteiger partial charge < -0.3 is 19.7 Å². The van der Waals surface area contributed by atoms with E-state index in [0.717, 1.165) is 50.6 Å². The molecule has 6 nitrogen and oxygen atoms in total. The van der Waals surface area contributed by atoms with Gasteiger partial charge in [-0.1, -0.05) is 6.92 Å².